The number of carbonyl (C=O) groups is 1. The smallest absolute Gasteiger partial charge is 0.254 e. The van der Waals surface area contributed by atoms with E-state index in [1.807, 2.05) is 37.1 Å². The molecule has 0 saturated heterocycles. The zero-order valence-corrected chi connectivity index (χ0v) is 11.5. The van der Waals surface area contributed by atoms with E-state index in [1.165, 1.54) is 12.8 Å². The van der Waals surface area contributed by atoms with Gasteiger partial charge in [0.15, 0.2) is 0 Å². The van der Waals surface area contributed by atoms with Crippen molar-refractivity contribution in [2.24, 2.45) is 0 Å². The number of amides is 1. The summed E-state index contributed by atoms with van der Waals surface area (Å²) in [4.78, 5) is 14.6. The maximum Gasteiger partial charge on any atom is 0.254 e. The van der Waals surface area contributed by atoms with E-state index >= 15 is 0 Å². The topological polar surface area (TPSA) is 32.3 Å². The molecule has 3 nitrogen and oxygen atoms in total. The minimum absolute atomic E-state index is 0.194. The van der Waals surface area contributed by atoms with Gasteiger partial charge in [-0.3, -0.25) is 4.79 Å². The first-order valence-electron chi connectivity index (χ1n) is 6.76. The monoisotopic (exact) mass is 246 g/mol. The number of nitrogens with one attached hydrogen (secondary N) is 1. The molecule has 1 saturated carbocycles. The second kappa shape index (κ2) is 5.42. The highest BCUT2D eigenvalue weighted by atomic mass is 16.2. The molecule has 0 atom stereocenters. The van der Waals surface area contributed by atoms with Gasteiger partial charge in [0.25, 0.3) is 5.91 Å². The Morgan fingerprint density at radius 2 is 2.17 bits per heavy atom. The van der Waals surface area contributed by atoms with Crippen LogP contribution in [0.1, 0.15) is 42.1 Å². The highest BCUT2D eigenvalue weighted by Gasteiger charge is 2.32. The Morgan fingerprint density at radius 1 is 1.44 bits per heavy atom. The van der Waals surface area contributed by atoms with Crippen LogP contribution in [0.2, 0.25) is 0 Å². The first kappa shape index (κ1) is 12.9. The molecule has 1 N–H and O–H groups in total. The number of aryl methyl sites for hydroxylation is 1. The van der Waals surface area contributed by atoms with Crippen molar-refractivity contribution in [1.29, 1.82) is 0 Å². The van der Waals surface area contributed by atoms with E-state index in [0.717, 1.165) is 29.8 Å². The summed E-state index contributed by atoms with van der Waals surface area (Å²) in [5.41, 5.74) is 2.94. The van der Waals surface area contributed by atoms with E-state index in [2.05, 4.69) is 12.2 Å². The maximum atomic E-state index is 12.5. The van der Waals surface area contributed by atoms with Crippen LogP contribution in [0, 0.1) is 6.92 Å². The van der Waals surface area contributed by atoms with Crippen LogP contribution in [0.4, 0.5) is 5.69 Å². The first-order valence-corrected chi connectivity index (χ1v) is 6.76. The van der Waals surface area contributed by atoms with Gasteiger partial charge in [-0.1, -0.05) is 6.92 Å². The lowest BCUT2D eigenvalue weighted by Crippen LogP contribution is -2.34. The molecule has 1 aliphatic carbocycles. The molecule has 1 amide bonds. The summed E-state index contributed by atoms with van der Waals surface area (Å²) in [6.07, 6.45) is 3.36. The zero-order valence-electron chi connectivity index (χ0n) is 11.5. The average molecular weight is 246 g/mol. The third-order valence-electron chi connectivity index (χ3n) is 3.46. The quantitative estimate of drug-likeness (QED) is 0.866. The van der Waals surface area contributed by atoms with Crippen molar-refractivity contribution in [3.8, 4) is 0 Å². The highest BCUT2D eigenvalue weighted by molar-refractivity contribution is 5.96. The summed E-state index contributed by atoms with van der Waals surface area (Å²) in [6, 6.07) is 6.43. The number of carbonyl (C=O) groups excluding carboxylic acids is 1. The second-order valence-electron chi connectivity index (χ2n) is 5.01. The molecule has 0 bridgehead atoms. The van der Waals surface area contributed by atoms with Gasteiger partial charge >= 0.3 is 0 Å². The molecule has 0 aromatic heterocycles. The molecular formula is C15H22N2O. The van der Waals surface area contributed by atoms with E-state index in [-0.39, 0.29) is 5.91 Å². The normalized spacial score (nSPS) is 14.4. The molecule has 0 aliphatic heterocycles. The Morgan fingerprint density at radius 3 is 2.67 bits per heavy atom. The summed E-state index contributed by atoms with van der Waals surface area (Å²) in [5, 5.41) is 3.10. The number of benzene rings is 1. The van der Waals surface area contributed by atoms with E-state index in [0.29, 0.717) is 6.04 Å². The number of rotatable bonds is 5. The van der Waals surface area contributed by atoms with Crippen LogP contribution in [-0.4, -0.2) is 30.4 Å². The summed E-state index contributed by atoms with van der Waals surface area (Å²) in [5.74, 6) is 0.194. The zero-order chi connectivity index (χ0) is 13.1. The highest BCUT2D eigenvalue weighted by Crippen LogP contribution is 2.29. The van der Waals surface area contributed by atoms with Crippen LogP contribution in [0.15, 0.2) is 18.2 Å². The molecule has 2 rings (SSSR count). The fraction of sp³-hybridized carbons (Fsp3) is 0.533. The Kier molecular flexibility index (Phi) is 3.90. The van der Waals surface area contributed by atoms with Gasteiger partial charge < -0.3 is 10.2 Å². The van der Waals surface area contributed by atoms with Gasteiger partial charge in [-0.2, -0.15) is 0 Å². The van der Waals surface area contributed by atoms with E-state index in [9.17, 15) is 4.79 Å². The van der Waals surface area contributed by atoms with Crippen molar-refractivity contribution in [1.82, 2.24) is 4.90 Å². The molecule has 0 spiro atoms. The molecule has 98 valence electrons. The molecule has 1 aromatic rings. The van der Waals surface area contributed by atoms with E-state index < -0.39 is 0 Å². The lowest BCUT2D eigenvalue weighted by Gasteiger charge is -2.23. The Labute approximate surface area is 109 Å². The van der Waals surface area contributed by atoms with Gasteiger partial charge in [0.2, 0.25) is 0 Å². The number of hydrogen-bond acceptors (Lipinski definition) is 2. The fourth-order valence-electron chi connectivity index (χ4n) is 2.29. The molecule has 0 unspecified atom stereocenters. The second-order valence-corrected chi connectivity index (χ2v) is 5.01. The lowest BCUT2D eigenvalue weighted by molar-refractivity contribution is 0.0742. The van der Waals surface area contributed by atoms with Gasteiger partial charge in [-0.05, 0) is 49.9 Å². The number of nitrogens with zero attached hydrogens (tertiary/aromatic N) is 1. The van der Waals surface area contributed by atoms with E-state index in [4.69, 9.17) is 0 Å². The predicted octanol–water partition coefficient (Wildman–Crippen LogP) is 3.05. The van der Waals surface area contributed by atoms with Crippen molar-refractivity contribution in [2.75, 3.05) is 18.9 Å². The van der Waals surface area contributed by atoms with Gasteiger partial charge in [-0.15, -0.1) is 0 Å². The van der Waals surface area contributed by atoms with E-state index in [1.54, 1.807) is 0 Å². The maximum absolute atomic E-state index is 12.5. The van der Waals surface area contributed by atoms with Crippen LogP contribution in [0.5, 0.6) is 0 Å². The molecule has 0 radical (unpaired) electrons. The van der Waals surface area contributed by atoms with Crippen molar-refractivity contribution in [3.05, 3.63) is 29.3 Å². The SMILES string of the molecule is CCCN(C(=O)c1ccc(NC)cc1C)C1CC1. The third-order valence-corrected chi connectivity index (χ3v) is 3.46. The molecule has 3 heteroatoms. The summed E-state index contributed by atoms with van der Waals surface area (Å²) in [7, 11) is 1.89. The number of hydrogen-bond donors (Lipinski definition) is 1. The van der Waals surface area contributed by atoms with Gasteiger partial charge in [0.1, 0.15) is 0 Å². The number of anilines is 1. The van der Waals surface area contributed by atoms with Gasteiger partial charge in [0, 0.05) is 30.9 Å². The van der Waals surface area contributed by atoms with Crippen molar-refractivity contribution < 1.29 is 4.79 Å². The van der Waals surface area contributed by atoms with Gasteiger partial charge in [-0.25, -0.2) is 0 Å². The molecular weight excluding hydrogens is 224 g/mol. The summed E-state index contributed by atoms with van der Waals surface area (Å²) >= 11 is 0. The summed E-state index contributed by atoms with van der Waals surface area (Å²) in [6.45, 7) is 5.00. The van der Waals surface area contributed by atoms with Crippen LogP contribution >= 0.6 is 0 Å². The minimum Gasteiger partial charge on any atom is -0.388 e. The van der Waals surface area contributed by atoms with Crippen LogP contribution in [0.25, 0.3) is 0 Å². The van der Waals surface area contributed by atoms with Crippen molar-refractivity contribution in [3.63, 3.8) is 0 Å². The van der Waals surface area contributed by atoms with Crippen LogP contribution in [0.3, 0.4) is 0 Å². The molecule has 1 aromatic carbocycles. The lowest BCUT2D eigenvalue weighted by atomic mass is 10.1. The predicted molar refractivity (Wildman–Crippen MR) is 75.1 cm³/mol. The molecule has 18 heavy (non-hydrogen) atoms. The van der Waals surface area contributed by atoms with Crippen molar-refractivity contribution in [2.45, 2.75) is 39.2 Å². The van der Waals surface area contributed by atoms with Crippen molar-refractivity contribution >= 4 is 11.6 Å². The Balaban J connectivity index is 2.21. The van der Waals surface area contributed by atoms with Crippen LogP contribution in [-0.2, 0) is 0 Å². The third kappa shape index (κ3) is 2.66. The van der Waals surface area contributed by atoms with Crippen LogP contribution < -0.4 is 5.32 Å². The standard InChI is InChI=1S/C15H22N2O/c1-4-9-17(13-6-7-13)15(18)14-8-5-12(16-3)10-11(14)2/h5,8,10,13,16H,4,6-7,9H2,1-3H3. The molecule has 0 heterocycles. The fourth-order valence-corrected chi connectivity index (χ4v) is 2.29. The van der Waals surface area contributed by atoms with Gasteiger partial charge in [0.05, 0.1) is 0 Å². The Hall–Kier alpha value is -1.51. The first-order chi connectivity index (χ1) is 8.67. The largest absolute Gasteiger partial charge is 0.388 e. The molecule has 1 aliphatic rings. The Bertz CT molecular complexity index is 438. The summed E-state index contributed by atoms with van der Waals surface area (Å²) < 4.78 is 0. The molecule has 1 fully saturated rings. The minimum atomic E-state index is 0.194. The average Bonchev–Trinajstić information content (AvgIpc) is 3.19.